The standard InChI is InChI=1S/C11H14N2O7S/c1-6(9(12)10(14)15)20-11(16)13-7-3-2-4-8(5-7)21(17,18)19/h2-6,9H,12H2,1H3,(H,13,16)(H,14,15)(H,17,18,19)/t6-,9-/m0/s1. The third kappa shape index (κ3) is 5.02. The van der Waals surface area contributed by atoms with Crippen LogP contribution in [-0.4, -0.2) is 42.3 Å². The number of carboxylic acid groups (broad SMARTS) is 1. The van der Waals surface area contributed by atoms with Gasteiger partial charge < -0.3 is 15.6 Å². The van der Waals surface area contributed by atoms with E-state index in [0.29, 0.717) is 0 Å². The van der Waals surface area contributed by atoms with Crippen molar-refractivity contribution >= 4 is 27.9 Å². The van der Waals surface area contributed by atoms with Crippen LogP contribution in [0.3, 0.4) is 0 Å². The van der Waals surface area contributed by atoms with Gasteiger partial charge in [0.25, 0.3) is 10.1 Å². The fourth-order valence-electron chi connectivity index (χ4n) is 1.32. The molecule has 0 spiro atoms. The number of benzene rings is 1. The third-order valence-corrected chi connectivity index (χ3v) is 3.31. The van der Waals surface area contributed by atoms with Crippen LogP contribution in [0.5, 0.6) is 0 Å². The number of hydrogen-bond donors (Lipinski definition) is 4. The second-order valence-electron chi connectivity index (χ2n) is 4.10. The van der Waals surface area contributed by atoms with Crippen molar-refractivity contribution in [3.05, 3.63) is 24.3 Å². The maximum atomic E-state index is 11.5. The van der Waals surface area contributed by atoms with Crippen LogP contribution in [0.2, 0.25) is 0 Å². The predicted octanol–water partition coefficient (Wildman–Crippen LogP) is 0.282. The van der Waals surface area contributed by atoms with Gasteiger partial charge in [-0.2, -0.15) is 8.42 Å². The molecule has 0 saturated heterocycles. The van der Waals surface area contributed by atoms with Crippen LogP contribution in [0.4, 0.5) is 10.5 Å². The average molecular weight is 318 g/mol. The number of rotatable bonds is 5. The largest absolute Gasteiger partial charge is 0.480 e. The maximum Gasteiger partial charge on any atom is 0.411 e. The quantitative estimate of drug-likeness (QED) is 0.564. The van der Waals surface area contributed by atoms with E-state index >= 15 is 0 Å². The van der Waals surface area contributed by atoms with Crippen LogP contribution in [0, 0.1) is 0 Å². The fraction of sp³-hybridized carbons (Fsp3) is 0.273. The van der Waals surface area contributed by atoms with Gasteiger partial charge in [-0.15, -0.1) is 0 Å². The SMILES string of the molecule is C[C@H](OC(=O)Nc1cccc(S(=O)(=O)O)c1)[C@H](N)C(=O)O. The van der Waals surface area contributed by atoms with Gasteiger partial charge in [-0.3, -0.25) is 14.7 Å². The molecule has 1 aromatic carbocycles. The van der Waals surface area contributed by atoms with Crippen LogP contribution in [-0.2, 0) is 19.6 Å². The van der Waals surface area contributed by atoms with Crippen molar-refractivity contribution in [2.24, 2.45) is 5.73 Å². The molecule has 0 aromatic heterocycles. The summed E-state index contributed by atoms with van der Waals surface area (Å²) in [6, 6.07) is 3.41. The molecule has 1 amide bonds. The highest BCUT2D eigenvalue weighted by Crippen LogP contribution is 2.15. The number of hydrogen-bond acceptors (Lipinski definition) is 6. The van der Waals surface area contributed by atoms with Gasteiger partial charge in [-0.05, 0) is 25.1 Å². The molecule has 0 fully saturated rings. The van der Waals surface area contributed by atoms with Gasteiger partial charge in [0, 0.05) is 5.69 Å². The number of carbonyl (C=O) groups is 2. The van der Waals surface area contributed by atoms with E-state index in [9.17, 15) is 18.0 Å². The molecule has 0 radical (unpaired) electrons. The molecule has 0 saturated carbocycles. The number of amides is 1. The van der Waals surface area contributed by atoms with E-state index in [1.165, 1.54) is 19.1 Å². The monoisotopic (exact) mass is 318 g/mol. The number of nitrogens with two attached hydrogens (primary N) is 1. The minimum absolute atomic E-state index is 0.0474. The van der Waals surface area contributed by atoms with E-state index in [4.69, 9.17) is 20.1 Å². The van der Waals surface area contributed by atoms with Gasteiger partial charge in [-0.1, -0.05) is 6.07 Å². The Hall–Kier alpha value is -2.17. The summed E-state index contributed by atoms with van der Waals surface area (Å²) >= 11 is 0. The molecular weight excluding hydrogens is 304 g/mol. The van der Waals surface area contributed by atoms with Crippen LogP contribution >= 0.6 is 0 Å². The zero-order chi connectivity index (χ0) is 16.2. The number of anilines is 1. The van der Waals surface area contributed by atoms with E-state index in [0.717, 1.165) is 12.1 Å². The van der Waals surface area contributed by atoms with Crippen molar-refractivity contribution in [2.75, 3.05) is 5.32 Å². The minimum atomic E-state index is -4.40. The van der Waals surface area contributed by atoms with E-state index < -0.39 is 39.2 Å². The summed E-state index contributed by atoms with van der Waals surface area (Å²) in [4.78, 5) is 21.7. The van der Waals surface area contributed by atoms with E-state index in [1.54, 1.807) is 0 Å². The molecule has 0 aliphatic heterocycles. The highest BCUT2D eigenvalue weighted by molar-refractivity contribution is 7.85. The first kappa shape index (κ1) is 16.9. The van der Waals surface area contributed by atoms with E-state index in [1.807, 2.05) is 0 Å². The second-order valence-corrected chi connectivity index (χ2v) is 5.52. The smallest absolute Gasteiger partial charge is 0.411 e. The van der Waals surface area contributed by atoms with Crippen molar-refractivity contribution in [2.45, 2.75) is 24.0 Å². The third-order valence-electron chi connectivity index (χ3n) is 2.46. The number of carboxylic acids is 1. The number of nitrogens with one attached hydrogen (secondary N) is 1. The Morgan fingerprint density at radius 1 is 1.38 bits per heavy atom. The van der Waals surface area contributed by atoms with Gasteiger partial charge in [0.05, 0.1) is 4.90 Å². The predicted molar refractivity (Wildman–Crippen MR) is 71.4 cm³/mol. The van der Waals surface area contributed by atoms with Crippen LogP contribution in [0.1, 0.15) is 6.92 Å². The van der Waals surface area contributed by atoms with Crippen LogP contribution in [0.15, 0.2) is 29.2 Å². The molecule has 9 nitrogen and oxygen atoms in total. The summed E-state index contributed by atoms with van der Waals surface area (Å²) in [6.45, 7) is 1.30. The summed E-state index contributed by atoms with van der Waals surface area (Å²) in [5, 5.41) is 10.8. The van der Waals surface area contributed by atoms with Crippen LogP contribution in [0.25, 0.3) is 0 Å². The summed E-state index contributed by atoms with van der Waals surface area (Å²) in [5.74, 6) is -1.33. The summed E-state index contributed by atoms with van der Waals surface area (Å²) < 4.78 is 35.5. The highest BCUT2D eigenvalue weighted by atomic mass is 32.2. The first-order valence-electron chi connectivity index (χ1n) is 5.65. The Bertz CT molecular complexity index is 644. The molecule has 5 N–H and O–H groups in total. The Labute approximate surface area is 120 Å². The molecule has 21 heavy (non-hydrogen) atoms. The molecule has 0 bridgehead atoms. The summed E-state index contributed by atoms with van der Waals surface area (Å²) in [6.07, 6.45) is -2.10. The Morgan fingerprint density at radius 3 is 2.52 bits per heavy atom. The van der Waals surface area contributed by atoms with Crippen molar-refractivity contribution in [1.29, 1.82) is 0 Å². The topological polar surface area (TPSA) is 156 Å². The van der Waals surface area contributed by atoms with Crippen molar-refractivity contribution < 1.29 is 32.4 Å². The molecule has 10 heteroatoms. The molecule has 0 aliphatic carbocycles. The number of aliphatic carboxylic acids is 1. The van der Waals surface area contributed by atoms with Crippen molar-refractivity contribution in [3.8, 4) is 0 Å². The Kier molecular flexibility index (Phi) is 5.24. The fourth-order valence-corrected chi connectivity index (χ4v) is 1.85. The van der Waals surface area contributed by atoms with Gasteiger partial charge in [0.2, 0.25) is 0 Å². The first-order valence-corrected chi connectivity index (χ1v) is 7.09. The second kappa shape index (κ2) is 6.52. The number of ether oxygens (including phenoxy) is 1. The normalized spacial score (nSPS) is 14.0. The molecule has 2 atom stereocenters. The maximum absolute atomic E-state index is 11.5. The molecule has 116 valence electrons. The van der Waals surface area contributed by atoms with Crippen LogP contribution < -0.4 is 11.1 Å². The van der Waals surface area contributed by atoms with Gasteiger partial charge >= 0.3 is 12.1 Å². The lowest BCUT2D eigenvalue weighted by Crippen LogP contribution is -2.43. The zero-order valence-corrected chi connectivity index (χ0v) is 11.7. The molecule has 1 rings (SSSR count). The molecule has 1 aromatic rings. The highest BCUT2D eigenvalue weighted by Gasteiger charge is 2.23. The lowest BCUT2D eigenvalue weighted by molar-refractivity contribution is -0.140. The summed E-state index contributed by atoms with van der Waals surface area (Å²) in [7, 11) is -4.40. The summed E-state index contributed by atoms with van der Waals surface area (Å²) in [5.41, 5.74) is 5.31. The lowest BCUT2D eigenvalue weighted by Gasteiger charge is -2.17. The zero-order valence-electron chi connectivity index (χ0n) is 10.9. The van der Waals surface area contributed by atoms with E-state index in [-0.39, 0.29) is 5.69 Å². The molecule has 0 unspecified atom stereocenters. The van der Waals surface area contributed by atoms with Crippen molar-refractivity contribution in [1.82, 2.24) is 0 Å². The Balaban J connectivity index is 2.74. The first-order chi connectivity index (χ1) is 9.61. The van der Waals surface area contributed by atoms with Gasteiger partial charge in [0.1, 0.15) is 12.1 Å². The average Bonchev–Trinajstić information content (AvgIpc) is 2.36. The Morgan fingerprint density at radius 2 is 2.00 bits per heavy atom. The number of carbonyl (C=O) groups excluding carboxylic acids is 1. The molecular formula is C11H14N2O7S. The van der Waals surface area contributed by atoms with Gasteiger partial charge in [0.15, 0.2) is 0 Å². The minimum Gasteiger partial charge on any atom is -0.480 e. The molecule has 0 aliphatic rings. The van der Waals surface area contributed by atoms with Gasteiger partial charge in [-0.25, -0.2) is 4.79 Å². The lowest BCUT2D eigenvalue weighted by atomic mass is 10.2. The van der Waals surface area contributed by atoms with Crippen molar-refractivity contribution in [3.63, 3.8) is 0 Å². The van der Waals surface area contributed by atoms with E-state index in [2.05, 4.69) is 5.32 Å². The molecule has 0 heterocycles.